The van der Waals surface area contributed by atoms with Crippen LogP contribution in [-0.2, 0) is 0 Å². The van der Waals surface area contributed by atoms with Gasteiger partial charge in [0.2, 0.25) is 0 Å². The number of anilines is 2. The molecule has 2 aromatic heterocycles. The fraction of sp³-hybridized carbons (Fsp3) is 0.0476. The molecular weight excluding hydrogens is 378 g/mol. The summed E-state index contributed by atoms with van der Waals surface area (Å²) in [7, 11) is 0. The minimum absolute atomic E-state index is 0.0355. The number of hydrogen-bond donors (Lipinski definition) is 2. The van der Waals surface area contributed by atoms with E-state index in [-0.39, 0.29) is 5.75 Å². The van der Waals surface area contributed by atoms with E-state index in [4.69, 9.17) is 0 Å². The number of hydrogen-bond acceptors (Lipinski definition) is 3. The molecule has 0 fully saturated rings. The molecule has 4 aromatic rings. The highest BCUT2D eigenvalue weighted by molar-refractivity contribution is 6.00. The number of ether oxygens (including phenoxy) is 1. The number of carbonyl (C=O) groups excluding carboxylic acids is 1. The van der Waals surface area contributed by atoms with Gasteiger partial charge in [-0.3, -0.25) is 0 Å². The fourth-order valence-electron chi connectivity index (χ4n) is 2.87. The number of fused-ring (bicyclic) bond motifs is 1. The highest BCUT2D eigenvalue weighted by atomic mass is 19.3. The summed E-state index contributed by atoms with van der Waals surface area (Å²) in [5.74, 6) is -0.0355. The number of alkyl halides is 2. The molecule has 146 valence electrons. The Labute approximate surface area is 164 Å². The molecule has 2 aromatic carbocycles. The number of nitrogens with one attached hydrogen (secondary N) is 2. The van der Waals surface area contributed by atoms with Gasteiger partial charge in [0.05, 0.1) is 5.69 Å². The van der Waals surface area contributed by atoms with Crippen LogP contribution in [0.3, 0.4) is 0 Å². The second kappa shape index (κ2) is 7.97. The van der Waals surface area contributed by atoms with E-state index in [0.29, 0.717) is 11.4 Å². The van der Waals surface area contributed by atoms with Crippen molar-refractivity contribution in [1.29, 1.82) is 0 Å². The van der Waals surface area contributed by atoms with Gasteiger partial charge in [0, 0.05) is 35.4 Å². The molecule has 0 aliphatic carbocycles. The first kappa shape index (κ1) is 18.4. The number of halogens is 2. The van der Waals surface area contributed by atoms with Crippen LogP contribution >= 0.6 is 0 Å². The molecule has 0 aliphatic rings. The van der Waals surface area contributed by atoms with Gasteiger partial charge in [-0.05, 0) is 36.4 Å². The van der Waals surface area contributed by atoms with Gasteiger partial charge in [-0.15, -0.1) is 0 Å². The molecule has 2 amide bonds. The average Bonchev–Trinajstić information content (AvgIpc) is 3.12. The summed E-state index contributed by atoms with van der Waals surface area (Å²) in [5, 5.41) is 5.31. The zero-order chi connectivity index (χ0) is 20.2. The van der Waals surface area contributed by atoms with E-state index < -0.39 is 12.6 Å². The van der Waals surface area contributed by atoms with Crippen molar-refractivity contribution in [2.75, 3.05) is 10.6 Å². The second-order valence-corrected chi connectivity index (χ2v) is 6.16. The number of rotatable bonds is 5. The third-order valence-corrected chi connectivity index (χ3v) is 4.10. The van der Waals surface area contributed by atoms with Crippen LogP contribution in [0.2, 0.25) is 0 Å². The van der Waals surface area contributed by atoms with Gasteiger partial charge in [0.15, 0.2) is 0 Å². The Morgan fingerprint density at radius 1 is 0.966 bits per heavy atom. The van der Waals surface area contributed by atoms with Crippen molar-refractivity contribution < 1.29 is 18.3 Å². The summed E-state index contributed by atoms with van der Waals surface area (Å²) in [6, 6.07) is 18.3. The predicted octanol–water partition coefficient (Wildman–Crippen LogP) is 5.25. The Morgan fingerprint density at radius 3 is 2.48 bits per heavy atom. The standard InChI is InChI=1S/C21H16F2N4O2/c22-20(23)29-17-8-4-7-16(12-17)25-21(28)24-15-6-3-5-14(11-15)18-13-27-10-2-1-9-19(27)26-18/h1-13,20H,(H2,24,25,28). The third-order valence-electron chi connectivity index (χ3n) is 4.10. The number of nitrogens with zero attached hydrogens (tertiary/aromatic N) is 2. The maximum absolute atomic E-state index is 12.3. The molecule has 29 heavy (non-hydrogen) atoms. The third kappa shape index (κ3) is 4.49. The highest BCUT2D eigenvalue weighted by Crippen LogP contribution is 2.23. The van der Waals surface area contributed by atoms with Gasteiger partial charge >= 0.3 is 12.6 Å². The molecule has 0 atom stereocenters. The molecule has 8 heteroatoms. The van der Waals surface area contributed by atoms with Gasteiger partial charge < -0.3 is 19.8 Å². The molecule has 0 aliphatic heterocycles. The van der Waals surface area contributed by atoms with Crippen LogP contribution < -0.4 is 15.4 Å². The Morgan fingerprint density at radius 2 is 1.72 bits per heavy atom. The topological polar surface area (TPSA) is 67.7 Å². The lowest BCUT2D eigenvalue weighted by Crippen LogP contribution is -2.19. The molecule has 0 unspecified atom stereocenters. The van der Waals surface area contributed by atoms with Crippen LogP contribution in [0.1, 0.15) is 0 Å². The minimum atomic E-state index is -2.93. The van der Waals surface area contributed by atoms with Crippen LogP contribution in [0.4, 0.5) is 25.0 Å². The van der Waals surface area contributed by atoms with E-state index in [1.165, 1.54) is 18.2 Å². The Bertz CT molecular complexity index is 1130. The molecule has 2 N–H and O–H groups in total. The molecule has 0 radical (unpaired) electrons. The van der Waals surface area contributed by atoms with Gasteiger partial charge in [-0.1, -0.05) is 24.3 Å². The summed E-state index contributed by atoms with van der Waals surface area (Å²) in [5.41, 5.74) is 3.34. The number of benzene rings is 2. The first-order chi connectivity index (χ1) is 14.1. The van der Waals surface area contributed by atoms with Crippen molar-refractivity contribution in [3.63, 3.8) is 0 Å². The predicted molar refractivity (Wildman–Crippen MR) is 106 cm³/mol. The summed E-state index contributed by atoms with van der Waals surface area (Å²) < 4.78 is 30.9. The Kier molecular flexibility index (Phi) is 5.07. The van der Waals surface area contributed by atoms with E-state index >= 15 is 0 Å². The second-order valence-electron chi connectivity index (χ2n) is 6.16. The smallest absolute Gasteiger partial charge is 0.387 e. The van der Waals surface area contributed by atoms with Crippen LogP contribution in [0, 0.1) is 0 Å². The van der Waals surface area contributed by atoms with Crippen molar-refractivity contribution >= 4 is 23.1 Å². The molecule has 2 heterocycles. The maximum atomic E-state index is 12.3. The van der Waals surface area contributed by atoms with E-state index in [2.05, 4.69) is 20.4 Å². The summed E-state index contributed by atoms with van der Waals surface area (Å²) in [6.07, 6.45) is 3.82. The number of urea groups is 1. The first-order valence-corrected chi connectivity index (χ1v) is 8.74. The van der Waals surface area contributed by atoms with E-state index in [1.54, 1.807) is 18.2 Å². The minimum Gasteiger partial charge on any atom is -0.435 e. The quantitative estimate of drug-likeness (QED) is 0.486. The normalized spacial score (nSPS) is 10.9. The van der Waals surface area contributed by atoms with Crippen LogP contribution in [0.5, 0.6) is 5.75 Å². The van der Waals surface area contributed by atoms with E-state index in [9.17, 15) is 13.6 Å². The summed E-state index contributed by atoms with van der Waals surface area (Å²) in [4.78, 5) is 16.8. The average molecular weight is 394 g/mol. The zero-order valence-corrected chi connectivity index (χ0v) is 15.0. The Balaban J connectivity index is 1.47. The largest absolute Gasteiger partial charge is 0.435 e. The SMILES string of the molecule is O=C(Nc1cccc(OC(F)F)c1)Nc1cccc(-c2cn3ccccc3n2)c1. The van der Waals surface area contributed by atoms with Gasteiger partial charge in [0.25, 0.3) is 0 Å². The summed E-state index contributed by atoms with van der Waals surface area (Å²) >= 11 is 0. The molecule has 6 nitrogen and oxygen atoms in total. The maximum Gasteiger partial charge on any atom is 0.387 e. The molecule has 0 spiro atoms. The van der Waals surface area contributed by atoms with E-state index in [1.807, 2.05) is 47.1 Å². The number of pyridine rings is 1. The zero-order valence-electron chi connectivity index (χ0n) is 15.0. The van der Waals surface area contributed by atoms with Crippen molar-refractivity contribution in [1.82, 2.24) is 9.38 Å². The number of amides is 2. The van der Waals surface area contributed by atoms with Crippen molar-refractivity contribution in [2.24, 2.45) is 0 Å². The van der Waals surface area contributed by atoms with Gasteiger partial charge in [-0.25, -0.2) is 9.78 Å². The van der Waals surface area contributed by atoms with Crippen LogP contribution in [-0.4, -0.2) is 22.0 Å². The van der Waals surface area contributed by atoms with Gasteiger partial charge in [0.1, 0.15) is 11.4 Å². The highest BCUT2D eigenvalue weighted by Gasteiger charge is 2.09. The van der Waals surface area contributed by atoms with Crippen molar-refractivity contribution in [2.45, 2.75) is 6.61 Å². The Hall–Kier alpha value is -3.94. The monoisotopic (exact) mass is 394 g/mol. The lowest BCUT2D eigenvalue weighted by molar-refractivity contribution is -0.0497. The number of imidazole rings is 1. The molecular formula is C21H16F2N4O2. The van der Waals surface area contributed by atoms with E-state index in [0.717, 1.165) is 16.9 Å². The molecule has 0 saturated carbocycles. The van der Waals surface area contributed by atoms with Crippen LogP contribution in [0.25, 0.3) is 16.9 Å². The lowest BCUT2D eigenvalue weighted by atomic mass is 10.1. The first-order valence-electron chi connectivity index (χ1n) is 8.74. The number of carbonyl (C=O) groups is 1. The molecule has 0 saturated heterocycles. The summed E-state index contributed by atoms with van der Waals surface area (Å²) in [6.45, 7) is -2.93. The van der Waals surface area contributed by atoms with Crippen molar-refractivity contribution in [3.05, 3.63) is 79.1 Å². The van der Waals surface area contributed by atoms with Gasteiger partial charge in [-0.2, -0.15) is 8.78 Å². The molecule has 0 bridgehead atoms. The fourth-order valence-corrected chi connectivity index (χ4v) is 2.87. The lowest BCUT2D eigenvalue weighted by Gasteiger charge is -2.10. The number of aromatic nitrogens is 2. The van der Waals surface area contributed by atoms with Crippen molar-refractivity contribution in [3.8, 4) is 17.0 Å². The molecule has 4 rings (SSSR count). The van der Waals surface area contributed by atoms with Crippen LogP contribution in [0.15, 0.2) is 79.1 Å².